The van der Waals surface area contributed by atoms with Crippen LogP contribution in [0.4, 0.5) is 0 Å². The Kier molecular flexibility index (Phi) is 10.5. The molecule has 8 nitrogen and oxygen atoms in total. The summed E-state index contributed by atoms with van der Waals surface area (Å²) in [6.07, 6.45) is 1.55. The lowest BCUT2D eigenvalue weighted by Crippen LogP contribution is -2.18. The molecule has 0 saturated carbocycles. The van der Waals surface area contributed by atoms with Gasteiger partial charge in [0.1, 0.15) is 18.1 Å². The molecule has 37 heavy (non-hydrogen) atoms. The van der Waals surface area contributed by atoms with Crippen molar-refractivity contribution in [2.75, 3.05) is 26.9 Å². The molecule has 0 saturated heterocycles. The molecule has 3 rings (SSSR count). The lowest BCUT2D eigenvalue weighted by Gasteiger charge is -2.16. The highest BCUT2D eigenvalue weighted by Gasteiger charge is 2.18. The molecule has 0 radical (unpaired) electrons. The van der Waals surface area contributed by atoms with E-state index in [0.717, 1.165) is 11.1 Å². The van der Waals surface area contributed by atoms with E-state index in [1.807, 2.05) is 39.0 Å². The number of ether oxygens (including phenoxy) is 5. The summed E-state index contributed by atoms with van der Waals surface area (Å²) in [6, 6.07) is 15.9. The maximum Gasteiger partial charge on any atom is 0.271 e. The molecule has 0 spiro atoms. The van der Waals surface area contributed by atoms with E-state index in [2.05, 4.69) is 10.5 Å². The number of carbonyl (C=O) groups is 1. The van der Waals surface area contributed by atoms with Gasteiger partial charge in [0, 0.05) is 16.1 Å². The summed E-state index contributed by atoms with van der Waals surface area (Å²) < 4.78 is 28.4. The maximum absolute atomic E-state index is 12.8. The Bertz CT molecular complexity index is 1190. The van der Waals surface area contributed by atoms with Crippen molar-refractivity contribution < 1.29 is 28.5 Å². The van der Waals surface area contributed by atoms with E-state index in [9.17, 15) is 4.79 Å². The first-order valence-electron chi connectivity index (χ1n) is 11.9. The molecule has 3 aromatic carbocycles. The summed E-state index contributed by atoms with van der Waals surface area (Å²) in [6.45, 7) is 7.13. The maximum atomic E-state index is 12.8. The monoisotopic (exact) mass is 526 g/mol. The molecular formula is C28H31ClN2O6. The summed E-state index contributed by atoms with van der Waals surface area (Å²) in [7, 11) is 1.60. The molecule has 9 heteroatoms. The highest BCUT2D eigenvalue weighted by atomic mass is 35.5. The van der Waals surface area contributed by atoms with Crippen molar-refractivity contribution in [3.8, 4) is 28.7 Å². The second-order valence-corrected chi connectivity index (χ2v) is 8.05. The second kappa shape index (κ2) is 14.0. The Morgan fingerprint density at radius 2 is 1.51 bits per heavy atom. The Balaban J connectivity index is 1.73. The van der Waals surface area contributed by atoms with Crippen LogP contribution >= 0.6 is 11.6 Å². The number of hydrazone groups is 1. The Labute approximate surface area is 222 Å². The van der Waals surface area contributed by atoms with Crippen LogP contribution in [0.15, 0.2) is 59.7 Å². The molecule has 0 atom stereocenters. The van der Waals surface area contributed by atoms with Gasteiger partial charge in [0.25, 0.3) is 5.91 Å². The second-order valence-electron chi connectivity index (χ2n) is 7.61. The van der Waals surface area contributed by atoms with Crippen molar-refractivity contribution >= 4 is 23.7 Å². The van der Waals surface area contributed by atoms with Crippen LogP contribution in [0.2, 0.25) is 5.02 Å². The highest BCUT2D eigenvalue weighted by molar-refractivity contribution is 6.30. The van der Waals surface area contributed by atoms with Gasteiger partial charge in [-0.2, -0.15) is 5.10 Å². The minimum absolute atomic E-state index is 0.283. The van der Waals surface area contributed by atoms with Gasteiger partial charge in [0.2, 0.25) is 5.75 Å². The van der Waals surface area contributed by atoms with Crippen molar-refractivity contribution in [3.63, 3.8) is 0 Å². The van der Waals surface area contributed by atoms with Crippen LogP contribution in [0, 0.1) is 0 Å². The van der Waals surface area contributed by atoms with Gasteiger partial charge in [-0.1, -0.05) is 11.6 Å². The first-order chi connectivity index (χ1) is 18.0. The summed E-state index contributed by atoms with van der Waals surface area (Å²) in [4.78, 5) is 12.8. The number of rotatable bonds is 13. The SMILES string of the molecule is CCOc1cc(C(=O)N/N=C\c2ccc(OC)c(COc3ccc(Cl)cc3)c2)cc(OCC)c1OCC. The zero-order valence-electron chi connectivity index (χ0n) is 21.4. The first-order valence-corrected chi connectivity index (χ1v) is 12.3. The zero-order chi connectivity index (χ0) is 26.6. The predicted octanol–water partition coefficient (Wildman–Crippen LogP) is 5.89. The van der Waals surface area contributed by atoms with Gasteiger partial charge in [0.15, 0.2) is 11.5 Å². The first kappa shape index (κ1) is 27.7. The minimum atomic E-state index is -0.416. The van der Waals surface area contributed by atoms with Crippen LogP contribution in [0.3, 0.4) is 0 Å². The summed E-state index contributed by atoms with van der Waals surface area (Å²) in [5.41, 5.74) is 4.46. The molecule has 0 bridgehead atoms. The van der Waals surface area contributed by atoms with E-state index in [1.54, 1.807) is 49.7 Å². The third kappa shape index (κ3) is 7.79. The summed E-state index contributed by atoms with van der Waals surface area (Å²) in [5.74, 6) is 2.29. The lowest BCUT2D eigenvalue weighted by atomic mass is 10.1. The average molecular weight is 527 g/mol. The minimum Gasteiger partial charge on any atom is -0.496 e. The van der Waals surface area contributed by atoms with Gasteiger partial charge in [-0.3, -0.25) is 4.79 Å². The van der Waals surface area contributed by atoms with Gasteiger partial charge in [0.05, 0.1) is 33.1 Å². The quantitative estimate of drug-likeness (QED) is 0.221. The summed E-state index contributed by atoms with van der Waals surface area (Å²) >= 11 is 5.93. The summed E-state index contributed by atoms with van der Waals surface area (Å²) in [5, 5.41) is 4.76. The predicted molar refractivity (Wildman–Crippen MR) is 144 cm³/mol. The third-order valence-electron chi connectivity index (χ3n) is 5.06. The van der Waals surface area contributed by atoms with E-state index in [4.69, 9.17) is 35.3 Å². The van der Waals surface area contributed by atoms with Crippen molar-refractivity contribution in [2.24, 2.45) is 5.10 Å². The molecule has 0 aromatic heterocycles. The molecule has 0 aliphatic carbocycles. The number of nitrogens with zero attached hydrogens (tertiary/aromatic N) is 1. The Hall–Kier alpha value is -3.91. The fourth-order valence-corrected chi connectivity index (χ4v) is 3.56. The van der Waals surface area contributed by atoms with Crippen LogP contribution in [-0.4, -0.2) is 39.1 Å². The standard InChI is InChI=1S/C28H31ClN2O6/c1-5-34-25-15-20(16-26(35-6-2)27(25)36-7-3)28(32)31-30-17-19-8-13-24(33-4)21(14-19)18-37-23-11-9-22(29)10-12-23/h8-17H,5-7,18H2,1-4H3,(H,31,32)/b30-17-. The number of hydrogen-bond donors (Lipinski definition) is 1. The largest absolute Gasteiger partial charge is 0.496 e. The number of nitrogens with one attached hydrogen (secondary N) is 1. The van der Waals surface area contributed by atoms with Crippen LogP contribution in [-0.2, 0) is 6.61 Å². The van der Waals surface area contributed by atoms with E-state index in [0.29, 0.717) is 59.2 Å². The molecule has 196 valence electrons. The Morgan fingerprint density at radius 3 is 2.11 bits per heavy atom. The number of halogens is 1. The zero-order valence-corrected chi connectivity index (χ0v) is 22.1. The van der Waals surface area contributed by atoms with Gasteiger partial charge in [-0.25, -0.2) is 5.43 Å². The van der Waals surface area contributed by atoms with Gasteiger partial charge < -0.3 is 23.7 Å². The normalized spacial score (nSPS) is 10.7. The topological polar surface area (TPSA) is 87.6 Å². The number of hydrogen-bond acceptors (Lipinski definition) is 7. The van der Waals surface area contributed by atoms with Gasteiger partial charge >= 0.3 is 0 Å². The van der Waals surface area contributed by atoms with Gasteiger partial charge in [-0.05, 0) is 80.9 Å². The van der Waals surface area contributed by atoms with E-state index in [-0.39, 0.29) is 6.61 Å². The molecule has 0 aliphatic rings. The molecule has 3 aromatic rings. The van der Waals surface area contributed by atoms with Crippen molar-refractivity contribution in [1.29, 1.82) is 0 Å². The molecule has 0 heterocycles. The van der Waals surface area contributed by atoms with Crippen LogP contribution < -0.4 is 29.1 Å². The van der Waals surface area contributed by atoms with Gasteiger partial charge in [-0.15, -0.1) is 0 Å². The highest BCUT2D eigenvalue weighted by Crippen LogP contribution is 2.39. The molecule has 1 amide bonds. The smallest absolute Gasteiger partial charge is 0.271 e. The van der Waals surface area contributed by atoms with E-state index < -0.39 is 5.91 Å². The number of methoxy groups -OCH3 is 1. The van der Waals surface area contributed by atoms with Crippen LogP contribution in [0.25, 0.3) is 0 Å². The number of carbonyl (C=O) groups excluding carboxylic acids is 1. The third-order valence-corrected chi connectivity index (χ3v) is 5.32. The van der Waals surface area contributed by atoms with E-state index in [1.165, 1.54) is 0 Å². The lowest BCUT2D eigenvalue weighted by molar-refractivity contribution is 0.0954. The average Bonchev–Trinajstić information content (AvgIpc) is 2.90. The molecule has 1 N–H and O–H groups in total. The molecular weight excluding hydrogens is 496 g/mol. The molecule has 0 fully saturated rings. The molecule has 0 aliphatic heterocycles. The van der Waals surface area contributed by atoms with Crippen molar-refractivity contribution in [1.82, 2.24) is 5.43 Å². The Morgan fingerprint density at radius 1 is 0.865 bits per heavy atom. The molecule has 0 unspecified atom stereocenters. The fourth-order valence-electron chi connectivity index (χ4n) is 3.43. The van der Waals surface area contributed by atoms with Crippen LogP contribution in [0.1, 0.15) is 42.3 Å². The van der Waals surface area contributed by atoms with Crippen molar-refractivity contribution in [2.45, 2.75) is 27.4 Å². The van der Waals surface area contributed by atoms with E-state index >= 15 is 0 Å². The number of amides is 1. The number of benzene rings is 3. The van der Waals surface area contributed by atoms with Crippen molar-refractivity contribution in [3.05, 3.63) is 76.3 Å². The van der Waals surface area contributed by atoms with Crippen LogP contribution in [0.5, 0.6) is 28.7 Å². The fraction of sp³-hybridized carbons (Fsp3) is 0.286.